The first-order chi connectivity index (χ1) is 8.79. The SMILES string of the molecule is CCOc1ccc(CNCC2CNCC2O)cc1.Cl. The molecule has 4 nitrogen and oxygen atoms in total. The molecule has 1 aromatic rings. The van der Waals surface area contributed by atoms with Gasteiger partial charge in [-0.25, -0.2) is 0 Å². The summed E-state index contributed by atoms with van der Waals surface area (Å²) in [7, 11) is 0. The number of hydrogen-bond donors (Lipinski definition) is 3. The summed E-state index contributed by atoms with van der Waals surface area (Å²) in [4.78, 5) is 0. The summed E-state index contributed by atoms with van der Waals surface area (Å²) in [6.45, 7) is 5.98. The lowest BCUT2D eigenvalue weighted by Crippen LogP contribution is -2.30. The molecule has 0 saturated carbocycles. The molecular formula is C14H23ClN2O2. The Bertz CT molecular complexity index is 359. The van der Waals surface area contributed by atoms with Gasteiger partial charge < -0.3 is 20.5 Å². The number of hydrogen-bond acceptors (Lipinski definition) is 4. The fourth-order valence-electron chi connectivity index (χ4n) is 2.20. The van der Waals surface area contributed by atoms with Crippen LogP contribution in [0.2, 0.25) is 0 Å². The number of aliphatic hydroxyl groups excluding tert-OH is 1. The maximum atomic E-state index is 9.66. The Labute approximate surface area is 121 Å². The fourth-order valence-corrected chi connectivity index (χ4v) is 2.20. The van der Waals surface area contributed by atoms with Crippen molar-refractivity contribution in [1.82, 2.24) is 10.6 Å². The molecule has 0 amide bonds. The van der Waals surface area contributed by atoms with E-state index in [1.165, 1.54) is 5.56 Å². The van der Waals surface area contributed by atoms with Crippen molar-refractivity contribution in [3.8, 4) is 5.75 Å². The maximum absolute atomic E-state index is 9.66. The molecule has 0 aromatic heterocycles. The second-order valence-corrected chi connectivity index (χ2v) is 4.69. The van der Waals surface area contributed by atoms with Crippen LogP contribution in [0.1, 0.15) is 12.5 Å². The number of aliphatic hydroxyl groups is 1. The standard InChI is InChI=1S/C14H22N2O2.ClH/c1-2-18-13-5-3-11(4-6-13)7-15-8-12-9-16-10-14(12)17;/h3-6,12,14-17H,2,7-10H2,1H3;1H. The first-order valence-electron chi connectivity index (χ1n) is 6.61. The highest BCUT2D eigenvalue weighted by Gasteiger charge is 2.23. The predicted molar refractivity (Wildman–Crippen MR) is 78.9 cm³/mol. The van der Waals surface area contributed by atoms with Gasteiger partial charge >= 0.3 is 0 Å². The van der Waals surface area contributed by atoms with Gasteiger partial charge in [0.1, 0.15) is 5.75 Å². The van der Waals surface area contributed by atoms with Crippen molar-refractivity contribution in [2.45, 2.75) is 19.6 Å². The van der Waals surface area contributed by atoms with Crippen LogP contribution >= 0.6 is 12.4 Å². The van der Waals surface area contributed by atoms with Crippen molar-refractivity contribution in [2.24, 2.45) is 5.92 Å². The van der Waals surface area contributed by atoms with E-state index >= 15 is 0 Å². The lowest BCUT2D eigenvalue weighted by molar-refractivity contribution is 0.146. The van der Waals surface area contributed by atoms with Crippen LogP contribution in [-0.2, 0) is 6.54 Å². The Hall–Kier alpha value is -0.810. The Morgan fingerprint density at radius 2 is 2.05 bits per heavy atom. The normalized spacial score (nSPS) is 22.0. The van der Waals surface area contributed by atoms with Crippen molar-refractivity contribution in [2.75, 3.05) is 26.2 Å². The van der Waals surface area contributed by atoms with E-state index in [0.29, 0.717) is 12.5 Å². The van der Waals surface area contributed by atoms with Crippen molar-refractivity contribution >= 4 is 12.4 Å². The Balaban J connectivity index is 0.00000180. The molecule has 1 aromatic carbocycles. The largest absolute Gasteiger partial charge is 0.494 e. The van der Waals surface area contributed by atoms with Crippen LogP contribution in [0.4, 0.5) is 0 Å². The molecule has 1 saturated heterocycles. The molecule has 5 heteroatoms. The molecule has 1 aliphatic heterocycles. The summed E-state index contributed by atoms with van der Waals surface area (Å²) in [5, 5.41) is 16.2. The molecule has 3 N–H and O–H groups in total. The highest BCUT2D eigenvalue weighted by molar-refractivity contribution is 5.85. The first kappa shape index (κ1) is 16.2. The molecule has 2 atom stereocenters. The van der Waals surface area contributed by atoms with E-state index in [-0.39, 0.29) is 18.5 Å². The Morgan fingerprint density at radius 1 is 1.32 bits per heavy atom. The molecule has 108 valence electrons. The average molecular weight is 287 g/mol. The van der Waals surface area contributed by atoms with Crippen LogP contribution in [0.15, 0.2) is 24.3 Å². The smallest absolute Gasteiger partial charge is 0.119 e. The van der Waals surface area contributed by atoms with Gasteiger partial charge in [0.05, 0.1) is 12.7 Å². The Morgan fingerprint density at radius 3 is 2.63 bits per heavy atom. The van der Waals surface area contributed by atoms with Gasteiger partial charge in [-0.2, -0.15) is 0 Å². The number of halogens is 1. The highest BCUT2D eigenvalue weighted by Crippen LogP contribution is 2.12. The van der Waals surface area contributed by atoms with E-state index in [0.717, 1.165) is 31.9 Å². The van der Waals surface area contributed by atoms with E-state index < -0.39 is 0 Å². The van der Waals surface area contributed by atoms with Crippen molar-refractivity contribution in [3.05, 3.63) is 29.8 Å². The fraction of sp³-hybridized carbons (Fsp3) is 0.571. The van der Waals surface area contributed by atoms with Crippen LogP contribution in [0.5, 0.6) is 5.75 Å². The van der Waals surface area contributed by atoms with Crippen LogP contribution in [-0.4, -0.2) is 37.5 Å². The molecule has 2 rings (SSSR count). The average Bonchev–Trinajstić information content (AvgIpc) is 2.78. The van der Waals surface area contributed by atoms with Crippen LogP contribution in [0.25, 0.3) is 0 Å². The molecule has 1 aliphatic rings. The van der Waals surface area contributed by atoms with Crippen molar-refractivity contribution < 1.29 is 9.84 Å². The first-order valence-corrected chi connectivity index (χ1v) is 6.61. The summed E-state index contributed by atoms with van der Waals surface area (Å²) in [6, 6.07) is 8.13. The number of β-amino-alcohol motifs (C(OH)–C–C–N with tert-alkyl or cyclic N) is 1. The van der Waals surface area contributed by atoms with Gasteiger partial charge in [-0.3, -0.25) is 0 Å². The number of rotatable bonds is 6. The Kier molecular flexibility index (Phi) is 7.16. The monoisotopic (exact) mass is 286 g/mol. The minimum atomic E-state index is -0.210. The molecule has 0 spiro atoms. The van der Waals surface area contributed by atoms with Crippen molar-refractivity contribution in [3.63, 3.8) is 0 Å². The van der Waals surface area contributed by atoms with E-state index in [2.05, 4.69) is 22.8 Å². The maximum Gasteiger partial charge on any atom is 0.119 e. The van der Waals surface area contributed by atoms with E-state index in [4.69, 9.17) is 4.74 Å². The zero-order valence-electron chi connectivity index (χ0n) is 11.3. The molecule has 19 heavy (non-hydrogen) atoms. The van der Waals surface area contributed by atoms with Crippen LogP contribution in [0.3, 0.4) is 0 Å². The molecule has 0 radical (unpaired) electrons. The van der Waals surface area contributed by atoms with Gasteiger partial charge in [-0.15, -0.1) is 12.4 Å². The van der Waals surface area contributed by atoms with Gasteiger partial charge in [0.15, 0.2) is 0 Å². The van der Waals surface area contributed by atoms with Gasteiger partial charge in [-0.05, 0) is 24.6 Å². The second kappa shape index (κ2) is 8.38. The summed E-state index contributed by atoms with van der Waals surface area (Å²) < 4.78 is 5.40. The summed E-state index contributed by atoms with van der Waals surface area (Å²) in [5.41, 5.74) is 1.24. The third kappa shape index (κ3) is 4.99. The summed E-state index contributed by atoms with van der Waals surface area (Å²) >= 11 is 0. The second-order valence-electron chi connectivity index (χ2n) is 4.69. The molecule has 1 fully saturated rings. The summed E-state index contributed by atoms with van der Waals surface area (Å²) in [5.74, 6) is 1.24. The molecule has 0 aliphatic carbocycles. The van der Waals surface area contributed by atoms with E-state index in [9.17, 15) is 5.11 Å². The van der Waals surface area contributed by atoms with Gasteiger partial charge in [0.2, 0.25) is 0 Å². The zero-order chi connectivity index (χ0) is 12.8. The summed E-state index contributed by atoms with van der Waals surface area (Å²) in [6.07, 6.45) is -0.210. The lowest BCUT2D eigenvalue weighted by atomic mass is 10.1. The van der Waals surface area contributed by atoms with E-state index in [1.54, 1.807) is 0 Å². The predicted octanol–water partition coefficient (Wildman–Crippen LogP) is 1.18. The van der Waals surface area contributed by atoms with Gasteiger partial charge in [-0.1, -0.05) is 12.1 Å². The molecule has 2 unspecified atom stereocenters. The third-order valence-electron chi connectivity index (χ3n) is 3.27. The lowest BCUT2D eigenvalue weighted by Gasteiger charge is -2.14. The number of nitrogens with one attached hydrogen (secondary N) is 2. The highest BCUT2D eigenvalue weighted by atomic mass is 35.5. The van der Waals surface area contributed by atoms with Gasteiger partial charge in [0.25, 0.3) is 0 Å². The number of benzene rings is 1. The molecule has 0 bridgehead atoms. The van der Waals surface area contributed by atoms with Crippen LogP contribution in [0, 0.1) is 5.92 Å². The molecule has 1 heterocycles. The number of ether oxygens (including phenoxy) is 1. The van der Waals surface area contributed by atoms with Crippen LogP contribution < -0.4 is 15.4 Å². The minimum Gasteiger partial charge on any atom is -0.494 e. The van der Waals surface area contributed by atoms with Gasteiger partial charge in [0, 0.05) is 32.1 Å². The third-order valence-corrected chi connectivity index (χ3v) is 3.27. The van der Waals surface area contributed by atoms with Crippen molar-refractivity contribution in [1.29, 1.82) is 0 Å². The minimum absolute atomic E-state index is 0. The molecular weight excluding hydrogens is 264 g/mol. The quantitative estimate of drug-likeness (QED) is 0.735. The topological polar surface area (TPSA) is 53.5 Å². The van der Waals surface area contributed by atoms with E-state index in [1.807, 2.05) is 19.1 Å². The zero-order valence-corrected chi connectivity index (χ0v) is 12.1.